The van der Waals surface area contributed by atoms with E-state index in [2.05, 4.69) is 5.43 Å². The number of nitrogens with one attached hydrogen (secondary N) is 2. The predicted octanol–water partition coefficient (Wildman–Crippen LogP) is 2.24. The first kappa shape index (κ1) is 14.5. The van der Waals surface area contributed by atoms with Gasteiger partial charge < -0.3 is 0 Å². The van der Waals surface area contributed by atoms with Gasteiger partial charge in [0.1, 0.15) is 11.6 Å². The minimum Gasteiger partial charge on any atom is -0.287 e. The fourth-order valence-electron chi connectivity index (χ4n) is 1.40. The summed E-state index contributed by atoms with van der Waals surface area (Å²) < 4.78 is 0.890. The molecule has 102 valence electrons. The van der Waals surface area contributed by atoms with E-state index in [1.165, 1.54) is 12.1 Å². The zero-order chi connectivity index (χ0) is 14.9. The van der Waals surface area contributed by atoms with E-state index in [0.717, 1.165) is 10.9 Å². The van der Waals surface area contributed by atoms with Crippen molar-refractivity contribution in [3.63, 3.8) is 0 Å². The van der Waals surface area contributed by atoms with Gasteiger partial charge in [0.25, 0.3) is 5.56 Å². The van der Waals surface area contributed by atoms with Crippen LogP contribution in [0.15, 0.2) is 27.9 Å². The number of hydrogen-bond acceptors (Lipinski definition) is 4. The molecule has 0 aliphatic carbocycles. The van der Waals surface area contributed by atoms with E-state index in [0.29, 0.717) is 5.02 Å². The van der Waals surface area contributed by atoms with Crippen LogP contribution in [0.3, 0.4) is 0 Å². The van der Waals surface area contributed by atoms with Crippen LogP contribution >= 0.6 is 34.8 Å². The molecule has 2 rings (SSSR count). The van der Waals surface area contributed by atoms with Crippen molar-refractivity contribution >= 4 is 40.5 Å². The average Bonchev–Trinajstić information content (AvgIpc) is 2.35. The van der Waals surface area contributed by atoms with Gasteiger partial charge in [0.15, 0.2) is 0 Å². The summed E-state index contributed by atoms with van der Waals surface area (Å²) in [4.78, 5) is 24.9. The Bertz CT molecular complexity index is 812. The quantitative estimate of drug-likeness (QED) is 0.883. The lowest BCUT2D eigenvalue weighted by Crippen LogP contribution is -2.34. The molecule has 0 amide bonds. The number of hydrogen-bond donors (Lipinski definition) is 2. The number of aromatic nitrogens is 2. The van der Waals surface area contributed by atoms with Crippen LogP contribution < -0.4 is 16.7 Å². The van der Waals surface area contributed by atoms with Gasteiger partial charge in [-0.05, 0) is 12.1 Å². The first-order valence-electron chi connectivity index (χ1n) is 5.10. The standard InChI is InChI=1S/C11H5Cl3N4O2/c12-6-1-7(13)9(8(14)2-6)17-18-4-5(3-15)10(19)16-11(18)20/h1-2,4,17H,(H,16,19,20). The van der Waals surface area contributed by atoms with Crippen LogP contribution in [0.4, 0.5) is 5.69 Å². The lowest BCUT2D eigenvalue weighted by Gasteiger charge is -2.12. The highest BCUT2D eigenvalue weighted by Gasteiger charge is 2.10. The second-order valence-electron chi connectivity index (χ2n) is 3.64. The summed E-state index contributed by atoms with van der Waals surface area (Å²) in [5.41, 5.74) is 1.04. The zero-order valence-corrected chi connectivity index (χ0v) is 11.8. The molecule has 2 N–H and O–H groups in total. The van der Waals surface area contributed by atoms with Crippen LogP contribution in [-0.2, 0) is 0 Å². The van der Waals surface area contributed by atoms with Crippen LogP contribution in [0.1, 0.15) is 5.56 Å². The number of benzene rings is 1. The van der Waals surface area contributed by atoms with Gasteiger partial charge in [0.2, 0.25) is 0 Å². The molecule has 0 spiro atoms. The lowest BCUT2D eigenvalue weighted by atomic mass is 10.3. The highest BCUT2D eigenvalue weighted by atomic mass is 35.5. The third-order valence-corrected chi connectivity index (χ3v) is 3.12. The van der Waals surface area contributed by atoms with Crippen molar-refractivity contribution in [2.75, 3.05) is 5.43 Å². The molecule has 0 aliphatic heterocycles. The second-order valence-corrected chi connectivity index (χ2v) is 4.89. The third-order valence-electron chi connectivity index (χ3n) is 2.30. The maximum Gasteiger partial charge on any atom is 0.347 e. The van der Waals surface area contributed by atoms with Crippen LogP contribution in [-0.4, -0.2) is 9.66 Å². The molecule has 0 bridgehead atoms. The van der Waals surface area contributed by atoms with E-state index in [-0.39, 0.29) is 21.3 Å². The molecule has 20 heavy (non-hydrogen) atoms. The monoisotopic (exact) mass is 330 g/mol. The van der Waals surface area contributed by atoms with Crippen molar-refractivity contribution in [2.24, 2.45) is 0 Å². The van der Waals surface area contributed by atoms with E-state index in [4.69, 9.17) is 40.1 Å². The Morgan fingerprint density at radius 3 is 2.35 bits per heavy atom. The Hall–Kier alpha value is -1.94. The van der Waals surface area contributed by atoms with Crippen LogP contribution in [0.5, 0.6) is 0 Å². The molecule has 0 saturated heterocycles. The molecule has 0 radical (unpaired) electrons. The molecule has 1 aromatic carbocycles. The predicted molar refractivity (Wildman–Crippen MR) is 76.5 cm³/mol. The largest absolute Gasteiger partial charge is 0.347 e. The SMILES string of the molecule is N#Cc1cn(Nc2c(Cl)cc(Cl)cc2Cl)c(=O)[nH]c1=O. The Labute approximate surface area is 127 Å². The molecule has 0 unspecified atom stereocenters. The van der Waals surface area contributed by atoms with E-state index in [9.17, 15) is 9.59 Å². The average molecular weight is 332 g/mol. The van der Waals surface area contributed by atoms with Gasteiger partial charge >= 0.3 is 5.69 Å². The van der Waals surface area contributed by atoms with Gasteiger partial charge in [0, 0.05) is 5.02 Å². The third kappa shape index (κ3) is 2.80. The molecule has 0 fully saturated rings. The maximum absolute atomic E-state index is 11.6. The maximum atomic E-state index is 11.6. The second kappa shape index (κ2) is 5.59. The number of nitriles is 1. The van der Waals surface area contributed by atoms with Crippen molar-refractivity contribution in [1.29, 1.82) is 5.26 Å². The number of H-pyrrole nitrogens is 1. The Kier molecular flexibility index (Phi) is 4.04. The number of aromatic amines is 1. The zero-order valence-electron chi connectivity index (χ0n) is 9.58. The summed E-state index contributed by atoms with van der Waals surface area (Å²) in [6, 6.07) is 4.52. The number of anilines is 1. The topological polar surface area (TPSA) is 90.7 Å². The van der Waals surface area contributed by atoms with E-state index >= 15 is 0 Å². The fraction of sp³-hybridized carbons (Fsp3) is 0. The van der Waals surface area contributed by atoms with E-state index in [1.807, 2.05) is 4.98 Å². The van der Waals surface area contributed by atoms with Crippen molar-refractivity contribution in [2.45, 2.75) is 0 Å². The molecule has 1 heterocycles. The minimum atomic E-state index is -0.774. The van der Waals surface area contributed by atoms with E-state index in [1.54, 1.807) is 6.07 Å². The fourth-order valence-corrected chi connectivity index (χ4v) is 2.30. The highest BCUT2D eigenvalue weighted by molar-refractivity contribution is 6.41. The Morgan fingerprint density at radius 2 is 1.80 bits per heavy atom. The van der Waals surface area contributed by atoms with Crippen LogP contribution in [0, 0.1) is 11.3 Å². The van der Waals surface area contributed by atoms with Gasteiger partial charge in [-0.3, -0.25) is 15.2 Å². The van der Waals surface area contributed by atoms with Gasteiger partial charge in [-0.1, -0.05) is 34.8 Å². The summed E-state index contributed by atoms with van der Waals surface area (Å²) >= 11 is 17.7. The molecular formula is C11H5Cl3N4O2. The summed E-state index contributed by atoms with van der Waals surface area (Å²) in [5.74, 6) is 0. The van der Waals surface area contributed by atoms with Crippen molar-refractivity contribution in [3.8, 4) is 6.07 Å². The van der Waals surface area contributed by atoms with Gasteiger partial charge in [-0.2, -0.15) is 5.26 Å². The highest BCUT2D eigenvalue weighted by Crippen LogP contribution is 2.33. The normalized spacial score (nSPS) is 10.1. The lowest BCUT2D eigenvalue weighted by molar-refractivity contribution is 0.826. The molecule has 0 atom stereocenters. The summed E-state index contributed by atoms with van der Waals surface area (Å²) in [6.45, 7) is 0. The van der Waals surface area contributed by atoms with E-state index < -0.39 is 11.2 Å². The molecule has 9 heteroatoms. The summed E-state index contributed by atoms with van der Waals surface area (Å²) in [6.07, 6.45) is 1.04. The molecule has 0 aliphatic rings. The Morgan fingerprint density at radius 1 is 1.20 bits per heavy atom. The molecule has 6 nitrogen and oxygen atoms in total. The molecule has 2 aromatic rings. The van der Waals surface area contributed by atoms with Crippen molar-refractivity contribution in [3.05, 3.63) is 59.8 Å². The van der Waals surface area contributed by atoms with Gasteiger partial charge in [-0.25, -0.2) is 9.47 Å². The van der Waals surface area contributed by atoms with Crippen molar-refractivity contribution in [1.82, 2.24) is 9.66 Å². The van der Waals surface area contributed by atoms with Crippen LogP contribution in [0.25, 0.3) is 0 Å². The molecule has 0 saturated carbocycles. The van der Waals surface area contributed by atoms with Crippen molar-refractivity contribution < 1.29 is 0 Å². The number of nitrogens with zero attached hydrogens (tertiary/aromatic N) is 2. The number of rotatable bonds is 2. The first-order valence-corrected chi connectivity index (χ1v) is 6.23. The van der Waals surface area contributed by atoms with Crippen LogP contribution in [0.2, 0.25) is 15.1 Å². The van der Waals surface area contributed by atoms with Gasteiger partial charge in [-0.15, -0.1) is 0 Å². The Balaban J connectivity index is 2.54. The minimum absolute atomic E-state index is 0.180. The first-order chi connectivity index (χ1) is 9.42. The van der Waals surface area contributed by atoms with Gasteiger partial charge in [0.05, 0.1) is 21.9 Å². The summed E-state index contributed by atoms with van der Waals surface area (Å²) in [7, 11) is 0. The smallest absolute Gasteiger partial charge is 0.287 e. The molecule has 1 aromatic heterocycles. The number of halogens is 3. The molecular weight excluding hydrogens is 327 g/mol. The summed E-state index contributed by atoms with van der Waals surface area (Å²) in [5, 5.41) is 9.45.